The van der Waals surface area contributed by atoms with Crippen molar-refractivity contribution in [3.05, 3.63) is 438 Å². The minimum Gasteiger partial charge on any atom is -0.493 e. The SMILES string of the molecule is CC(C)(C)c1cc[c-]c(N2[CH-]N(c3ccccc3-c3ccccc3)c3ccccc32)c1.Cc1cc(-c2ccccc2)ccc1N1[CH-]N(c2[c-]cccc2)c2cccnc21.Cc1cc(-c2ccccc2)ccc1N1[CH-]N(c2[c-]cccc2)c2ncccc21.Cc1cc(-c2ccccc2)ccc1N1[CH-]N(c2[c-]cccc2)c2nccnc21.[Ir].[Ir].[Ir].[Ir]. The van der Waals surface area contributed by atoms with Crippen molar-refractivity contribution in [2.24, 2.45) is 0 Å². The zero-order chi connectivity index (χ0) is 78.2. The molecule has 598 valence electrons. The van der Waals surface area contributed by atoms with Crippen LogP contribution >= 0.6 is 0 Å². The second-order valence-corrected chi connectivity index (χ2v) is 29.2. The first kappa shape index (κ1) is 85.1. The summed E-state index contributed by atoms with van der Waals surface area (Å²) in [6.45, 7) is 21.6. The molecule has 0 fully saturated rings. The Morgan fingerprint density at radius 3 is 1.03 bits per heavy atom. The maximum Gasteiger partial charge on any atom is 0.145 e. The van der Waals surface area contributed by atoms with Gasteiger partial charge in [0.2, 0.25) is 0 Å². The summed E-state index contributed by atoms with van der Waals surface area (Å²) < 4.78 is 0. The fraction of sp³-hybridized carbons (Fsp3) is 0.0680. The second kappa shape index (κ2) is 38.8. The molecule has 16 aromatic rings. The molecule has 0 saturated heterocycles. The predicted octanol–water partition coefficient (Wildman–Crippen LogP) is 26.0. The molecule has 0 atom stereocenters. The van der Waals surface area contributed by atoms with E-state index in [4.69, 9.17) is 0 Å². The Balaban J connectivity index is 0.000000136. The van der Waals surface area contributed by atoms with E-state index < -0.39 is 0 Å². The fourth-order valence-corrected chi connectivity index (χ4v) is 14.9. The van der Waals surface area contributed by atoms with Gasteiger partial charge in [0.15, 0.2) is 0 Å². The number of benzene rings is 13. The molecule has 0 spiro atoms. The second-order valence-electron chi connectivity index (χ2n) is 29.2. The molecule has 3 aromatic heterocycles. The van der Waals surface area contributed by atoms with Gasteiger partial charge < -0.3 is 39.2 Å². The molecule has 0 bridgehead atoms. The molecular weight excluding hydrogens is 2170 g/mol. The first-order valence-electron chi connectivity index (χ1n) is 38.5. The number of aromatic nitrogens is 4. The third-order valence-corrected chi connectivity index (χ3v) is 20.7. The van der Waals surface area contributed by atoms with Gasteiger partial charge in [-0.1, -0.05) is 191 Å². The molecule has 0 unspecified atom stereocenters. The van der Waals surface area contributed by atoms with Crippen molar-refractivity contribution in [3.63, 3.8) is 0 Å². The summed E-state index contributed by atoms with van der Waals surface area (Å²) in [5.41, 5.74) is 27.6. The summed E-state index contributed by atoms with van der Waals surface area (Å²) in [6, 6.07) is 131. The van der Waals surface area contributed by atoms with Gasteiger partial charge in [-0.3, -0.25) is 0 Å². The Morgan fingerprint density at radius 1 is 0.235 bits per heavy atom. The summed E-state index contributed by atoms with van der Waals surface area (Å²) in [4.78, 5) is 35.6. The van der Waals surface area contributed by atoms with Crippen molar-refractivity contribution in [1.29, 1.82) is 0 Å². The molecular formula is C103H82Ir4N12-8. The third-order valence-electron chi connectivity index (χ3n) is 20.7. The zero-order valence-corrected chi connectivity index (χ0v) is 75.7. The molecule has 0 saturated carbocycles. The van der Waals surface area contributed by atoms with Gasteiger partial charge in [-0.2, -0.15) is 115 Å². The molecule has 20 rings (SSSR count). The number of rotatable bonds is 12. The van der Waals surface area contributed by atoms with Gasteiger partial charge in [0.1, 0.15) is 23.3 Å². The van der Waals surface area contributed by atoms with Gasteiger partial charge in [-0.15, -0.1) is 55.5 Å². The molecule has 0 aliphatic carbocycles. The van der Waals surface area contributed by atoms with E-state index >= 15 is 0 Å². The van der Waals surface area contributed by atoms with Crippen LogP contribution < -0.4 is 39.2 Å². The van der Waals surface area contributed by atoms with Crippen LogP contribution in [0.1, 0.15) is 43.0 Å². The number of hydrogen-bond acceptors (Lipinski definition) is 12. The van der Waals surface area contributed by atoms with E-state index in [1.807, 2.05) is 127 Å². The Labute approximate surface area is 753 Å². The van der Waals surface area contributed by atoms with Crippen LogP contribution in [-0.2, 0) is 85.8 Å². The van der Waals surface area contributed by atoms with Gasteiger partial charge in [0.05, 0.1) is 11.4 Å². The van der Waals surface area contributed by atoms with E-state index in [0.717, 1.165) is 85.8 Å². The molecule has 7 heterocycles. The van der Waals surface area contributed by atoms with Crippen molar-refractivity contribution in [2.75, 3.05) is 39.2 Å². The van der Waals surface area contributed by atoms with E-state index in [2.05, 4.69) is 377 Å². The summed E-state index contributed by atoms with van der Waals surface area (Å²) in [5.74, 6) is 3.46. The largest absolute Gasteiger partial charge is 0.493 e. The first-order valence-corrected chi connectivity index (χ1v) is 38.5. The molecule has 4 aliphatic heterocycles. The summed E-state index contributed by atoms with van der Waals surface area (Å²) in [6.07, 6.45) is 7.12. The summed E-state index contributed by atoms with van der Waals surface area (Å²) in [7, 11) is 0. The molecule has 16 heteroatoms. The Morgan fingerprint density at radius 2 is 0.563 bits per heavy atom. The molecule has 0 amide bonds. The van der Waals surface area contributed by atoms with Crippen LogP contribution in [0.3, 0.4) is 0 Å². The van der Waals surface area contributed by atoms with Gasteiger partial charge in [0.25, 0.3) is 0 Å². The Hall–Kier alpha value is -11.8. The van der Waals surface area contributed by atoms with Crippen molar-refractivity contribution >= 4 is 91.5 Å². The quantitative estimate of drug-likeness (QED) is 0.109. The van der Waals surface area contributed by atoms with Crippen molar-refractivity contribution in [1.82, 2.24) is 19.9 Å². The van der Waals surface area contributed by atoms with Crippen LogP contribution in [0.5, 0.6) is 0 Å². The van der Waals surface area contributed by atoms with Crippen LogP contribution in [0.4, 0.5) is 91.5 Å². The molecule has 4 radical (unpaired) electrons. The van der Waals surface area contributed by atoms with Gasteiger partial charge >= 0.3 is 0 Å². The van der Waals surface area contributed by atoms with E-state index in [0.29, 0.717) is 0 Å². The van der Waals surface area contributed by atoms with Gasteiger partial charge in [-0.05, 0) is 161 Å². The number of anilines is 16. The average molecular weight is 2260 g/mol. The average Bonchev–Trinajstić information content (AvgIpc) is 1.61. The number of nitrogens with zero attached hydrogens (tertiary/aromatic N) is 12. The number of hydrogen-bond donors (Lipinski definition) is 0. The maximum atomic E-state index is 4.65. The summed E-state index contributed by atoms with van der Waals surface area (Å²) >= 11 is 0. The van der Waals surface area contributed by atoms with Crippen molar-refractivity contribution < 1.29 is 80.4 Å². The zero-order valence-electron chi connectivity index (χ0n) is 66.2. The van der Waals surface area contributed by atoms with Crippen molar-refractivity contribution in [3.8, 4) is 44.5 Å². The predicted molar refractivity (Wildman–Crippen MR) is 473 cm³/mol. The van der Waals surface area contributed by atoms with Crippen LogP contribution in [0, 0.1) is 71.7 Å². The Bertz CT molecular complexity index is 5600. The first-order chi connectivity index (χ1) is 56.4. The van der Waals surface area contributed by atoms with E-state index in [-0.39, 0.29) is 85.8 Å². The maximum absolute atomic E-state index is 4.65. The molecule has 0 N–H and O–H groups in total. The van der Waals surface area contributed by atoms with Crippen LogP contribution in [-0.4, -0.2) is 19.9 Å². The Kier molecular flexibility index (Phi) is 27.7. The number of aryl methyl sites for hydroxylation is 3. The van der Waals surface area contributed by atoms with Crippen LogP contribution in [0.15, 0.2) is 365 Å². The van der Waals surface area contributed by atoms with E-state index in [1.54, 1.807) is 12.4 Å². The van der Waals surface area contributed by atoms with Gasteiger partial charge in [0, 0.05) is 145 Å². The molecule has 12 nitrogen and oxygen atoms in total. The van der Waals surface area contributed by atoms with Crippen LogP contribution in [0.2, 0.25) is 0 Å². The van der Waals surface area contributed by atoms with Gasteiger partial charge in [-0.25, -0.2) is 19.9 Å². The molecule has 13 aromatic carbocycles. The summed E-state index contributed by atoms with van der Waals surface area (Å²) in [5, 5.41) is 0. The molecule has 119 heavy (non-hydrogen) atoms. The third kappa shape index (κ3) is 18.4. The topological polar surface area (TPSA) is 77.5 Å². The molecule has 4 aliphatic rings. The monoisotopic (exact) mass is 2260 g/mol. The minimum absolute atomic E-state index is 0. The number of para-hydroxylation sites is 6. The number of pyridine rings is 2. The standard InChI is InChI=1S/C29H26N2.2C25H19N3.C24H18N4.4Ir/c1-29(2,3)23-14-11-15-24(20-23)30-21-31(28-19-10-9-18-27(28)30)26-17-8-7-16-25(26)22-12-5-4-6-13-22;1-19-17-21(20-9-4-2-5-10-20)14-15-23(19)28-18-27(22-11-6-3-7-12-22)25-24(28)13-8-16-26-25;1-19-17-21(20-9-4-2-5-10-20)14-15-23(19)28-18-27(22-11-6-3-7-12-22)24-13-8-16-26-25(24)28;1-18-16-20(19-8-4-2-5-9-19)12-13-22(18)28-17-27(21-10-6-3-7-11-21)23-24(28)26-15-14-25-23;;;;/h4-14,16-21H,1-3H3;2*2-11,13-18H,1H3;2-10,12-17H,1H3;;;;/q4*-2;;;;. The van der Waals surface area contributed by atoms with E-state index in [9.17, 15) is 0 Å². The normalized spacial score (nSPS) is 12.6. The minimum atomic E-state index is 0. The van der Waals surface area contributed by atoms with E-state index in [1.165, 1.54) is 72.4 Å². The van der Waals surface area contributed by atoms with Crippen LogP contribution in [0.25, 0.3) is 44.5 Å². The van der Waals surface area contributed by atoms with Crippen molar-refractivity contribution in [2.45, 2.75) is 47.0 Å². The number of fused-ring (bicyclic) bond motifs is 4. The fourth-order valence-electron chi connectivity index (χ4n) is 14.9. The smallest absolute Gasteiger partial charge is 0.145 e.